The Balaban J connectivity index is 2.00. The number of nitrogens with zero attached hydrogens (tertiary/aromatic N) is 3. The summed E-state index contributed by atoms with van der Waals surface area (Å²) in [4.78, 5) is 26.3. The molecular weight excluding hydrogens is 398 g/mol. The number of aromatic nitrogens is 3. The highest BCUT2D eigenvalue weighted by atomic mass is 32.2. The van der Waals surface area contributed by atoms with Gasteiger partial charge in [-0.2, -0.15) is 0 Å². The lowest BCUT2D eigenvalue weighted by Gasteiger charge is -2.22. The first kappa shape index (κ1) is 18.7. The molecule has 0 amide bonds. The molecule has 0 saturated heterocycles. The van der Waals surface area contributed by atoms with Gasteiger partial charge in [0.15, 0.2) is 5.75 Å². The molecule has 0 unspecified atom stereocenters. The number of phenols is 1. The number of aromatic amines is 1. The van der Waals surface area contributed by atoms with Crippen LogP contribution in [0.25, 0.3) is 11.3 Å². The van der Waals surface area contributed by atoms with Crippen molar-refractivity contribution in [2.45, 2.75) is 11.3 Å². The molecule has 1 aliphatic rings. The van der Waals surface area contributed by atoms with Crippen molar-refractivity contribution in [3.63, 3.8) is 0 Å². The molecule has 0 saturated carbocycles. The van der Waals surface area contributed by atoms with E-state index >= 15 is 0 Å². The monoisotopic (exact) mass is 414 g/mol. The van der Waals surface area contributed by atoms with Gasteiger partial charge < -0.3 is 15.2 Å². The van der Waals surface area contributed by atoms with Crippen molar-refractivity contribution in [1.82, 2.24) is 10.1 Å². The Kier molecular flexibility index (Phi) is 4.59. The van der Waals surface area contributed by atoms with Crippen LogP contribution in [-0.2, 0) is 0 Å². The zero-order valence-corrected chi connectivity index (χ0v) is 16.2. The van der Waals surface area contributed by atoms with Gasteiger partial charge in [0.2, 0.25) is 10.9 Å². The molecule has 10 nitrogen and oxygen atoms in total. The van der Waals surface area contributed by atoms with Gasteiger partial charge in [0.05, 0.1) is 28.8 Å². The second kappa shape index (κ2) is 7.09. The minimum absolute atomic E-state index is 0.0491. The molecule has 0 bridgehead atoms. The number of para-hydroxylation sites is 1. The maximum Gasteiger partial charge on any atom is 0.325 e. The molecule has 0 spiro atoms. The highest BCUT2D eigenvalue weighted by Crippen LogP contribution is 2.40. The van der Waals surface area contributed by atoms with Crippen molar-refractivity contribution < 1.29 is 19.4 Å². The van der Waals surface area contributed by atoms with Crippen molar-refractivity contribution in [2.24, 2.45) is 0 Å². The molecule has 4 rings (SSSR count). The number of nitro benzene ring substituents is 1. The number of thioether (sulfide) groups is 1. The second-order valence-electron chi connectivity index (χ2n) is 6.20. The number of hydrogen-bond donors (Lipinski definition) is 3. The number of fused-ring (bicyclic) bond motifs is 3. The van der Waals surface area contributed by atoms with Gasteiger partial charge in [0.1, 0.15) is 0 Å². The van der Waals surface area contributed by atoms with E-state index in [0.717, 1.165) is 0 Å². The fraction of sp³-hybridized carbons (Fsp3) is 0.167. The zero-order valence-electron chi connectivity index (χ0n) is 15.4. The molecule has 1 aliphatic heterocycles. The van der Waals surface area contributed by atoms with E-state index in [2.05, 4.69) is 15.4 Å². The predicted octanol–water partition coefficient (Wildman–Crippen LogP) is 2.04. The SMILES string of the molecule is COc1cc([C@H]2Nc3ccccc3-c3c(=O)[nH]c(SC)n[n+]32)cc([N+](=O)[O-])c1O. The standard InChI is InChI=1S/C18H15N5O5S/c1-28-13-8-9(7-12(15(13)24)23(26)27)16-19-11-6-4-3-5-10(11)14-17(25)20-18(29-2)21-22(14)16/h3-8,16H,1-2H3,(H2,20,21,24,25)/p+1/t16-/m0/s1. The third-order valence-corrected chi connectivity index (χ3v) is 5.16. The average molecular weight is 414 g/mol. The van der Waals surface area contributed by atoms with E-state index in [1.165, 1.54) is 35.7 Å². The van der Waals surface area contributed by atoms with E-state index in [0.29, 0.717) is 27.7 Å². The summed E-state index contributed by atoms with van der Waals surface area (Å²) in [5, 5.41) is 29.7. The lowest BCUT2D eigenvalue weighted by atomic mass is 10.0. The van der Waals surface area contributed by atoms with Crippen LogP contribution in [0.4, 0.5) is 11.4 Å². The van der Waals surface area contributed by atoms with Gasteiger partial charge in [-0.3, -0.25) is 19.9 Å². The number of ether oxygens (including phenoxy) is 1. The summed E-state index contributed by atoms with van der Waals surface area (Å²) < 4.78 is 6.60. The maximum atomic E-state index is 12.8. The number of rotatable bonds is 4. The number of methoxy groups -OCH3 is 1. The first-order valence-electron chi connectivity index (χ1n) is 8.46. The Morgan fingerprint density at radius 2 is 2.10 bits per heavy atom. The molecule has 3 N–H and O–H groups in total. The molecular formula is C18H16N5O5S+. The van der Waals surface area contributed by atoms with Gasteiger partial charge in [-0.15, -0.1) is 0 Å². The van der Waals surface area contributed by atoms with Crippen LogP contribution in [0.2, 0.25) is 0 Å². The van der Waals surface area contributed by atoms with Crippen LogP contribution >= 0.6 is 11.8 Å². The summed E-state index contributed by atoms with van der Waals surface area (Å²) in [5.74, 6) is -0.613. The summed E-state index contributed by atoms with van der Waals surface area (Å²) in [6.45, 7) is 0. The third kappa shape index (κ3) is 3.05. The molecule has 0 aliphatic carbocycles. The summed E-state index contributed by atoms with van der Waals surface area (Å²) >= 11 is 1.26. The highest BCUT2D eigenvalue weighted by molar-refractivity contribution is 7.98. The molecule has 1 aromatic heterocycles. The second-order valence-corrected chi connectivity index (χ2v) is 6.99. The van der Waals surface area contributed by atoms with Crippen molar-refractivity contribution >= 4 is 23.1 Å². The summed E-state index contributed by atoms with van der Waals surface area (Å²) in [6, 6.07) is 9.94. The summed E-state index contributed by atoms with van der Waals surface area (Å²) in [6.07, 6.45) is 1.04. The molecule has 2 heterocycles. The zero-order chi connectivity index (χ0) is 20.7. The minimum Gasteiger partial charge on any atom is -0.500 e. The Morgan fingerprint density at radius 1 is 1.34 bits per heavy atom. The lowest BCUT2D eigenvalue weighted by molar-refractivity contribution is -0.759. The number of H-pyrrole nitrogens is 1. The van der Waals surface area contributed by atoms with E-state index in [-0.39, 0.29) is 11.3 Å². The maximum absolute atomic E-state index is 12.8. The quantitative estimate of drug-likeness (QED) is 0.256. The van der Waals surface area contributed by atoms with Gasteiger partial charge in [0.25, 0.3) is 6.17 Å². The molecule has 2 aromatic carbocycles. The normalized spacial score (nSPS) is 14.5. The first-order chi connectivity index (χ1) is 13.9. The number of benzene rings is 2. The summed E-state index contributed by atoms with van der Waals surface area (Å²) in [7, 11) is 1.31. The Hall–Kier alpha value is -3.60. The predicted molar refractivity (Wildman–Crippen MR) is 105 cm³/mol. The Labute approximate surface area is 168 Å². The summed E-state index contributed by atoms with van der Waals surface area (Å²) in [5.41, 5.74) is 1.22. The van der Waals surface area contributed by atoms with Gasteiger partial charge in [0, 0.05) is 11.2 Å². The van der Waals surface area contributed by atoms with Crippen molar-refractivity contribution in [2.75, 3.05) is 18.7 Å². The van der Waals surface area contributed by atoms with Crippen LogP contribution in [0.1, 0.15) is 11.7 Å². The fourth-order valence-corrected chi connectivity index (χ4v) is 3.64. The van der Waals surface area contributed by atoms with Gasteiger partial charge in [-0.1, -0.05) is 23.9 Å². The van der Waals surface area contributed by atoms with Crippen molar-refractivity contribution in [1.29, 1.82) is 0 Å². The van der Waals surface area contributed by atoms with Crippen LogP contribution in [0, 0.1) is 10.1 Å². The average Bonchev–Trinajstić information content (AvgIpc) is 2.72. The highest BCUT2D eigenvalue weighted by Gasteiger charge is 2.39. The van der Waals surface area contributed by atoms with Crippen LogP contribution in [-0.4, -0.2) is 33.5 Å². The number of phenolic OH excluding ortho intramolecular Hbond substituents is 1. The molecule has 11 heteroatoms. The molecule has 1 atom stereocenters. The minimum atomic E-state index is -0.735. The first-order valence-corrected chi connectivity index (χ1v) is 9.68. The largest absolute Gasteiger partial charge is 0.500 e. The number of nitrogens with one attached hydrogen (secondary N) is 2. The van der Waals surface area contributed by atoms with Gasteiger partial charge in [-0.25, -0.2) is 0 Å². The van der Waals surface area contributed by atoms with Crippen LogP contribution in [0.3, 0.4) is 0 Å². The van der Waals surface area contributed by atoms with Crippen LogP contribution < -0.4 is 20.3 Å². The van der Waals surface area contributed by atoms with E-state index in [1.807, 2.05) is 12.1 Å². The van der Waals surface area contributed by atoms with Crippen LogP contribution in [0.15, 0.2) is 46.3 Å². The fourth-order valence-electron chi connectivity index (χ4n) is 3.27. The Bertz CT molecular complexity index is 1200. The van der Waals surface area contributed by atoms with E-state index < -0.39 is 22.5 Å². The van der Waals surface area contributed by atoms with E-state index in [9.17, 15) is 20.0 Å². The Morgan fingerprint density at radius 3 is 2.79 bits per heavy atom. The molecule has 29 heavy (non-hydrogen) atoms. The smallest absolute Gasteiger partial charge is 0.325 e. The molecule has 148 valence electrons. The molecule has 0 radical (unpaired) electrons. The van der Waals surface area contributed by atoms with Gasteiger partial charge in [-0.05, 0) is 29.1 Å². The molecule has 0 fully saturated rings. The molecule has 3 aromatic rings. The third-order valence-electron chi connectivity index (χ3n) is 4.59. The van der Waals surface area contributed by atoms with Gasteiger partial charge >= 0.3 is 16.9 Å². The number of hydrogen-bond acceptors (Lipinski definition) is 8. The van der Waals surface area contributed by atoms with E-state index in [4.69, 9.17) is 4.74 Å². The van der Waals surface area contributed by atoms with Crippen molar-refractivity contribution in [3.05, 3.63) is 62.4 Å². The lowest BCUT2D eigenvalue weighted by Crippen LogP contribution is -2.55. The number of aromatic hydroxyl groups is 1. The van der Waals surface area contributed by atoms with Crippen molar-refractivity contribution in [3.8, 4) is 22.8 Å². The topological polar surface area (TPSA) is 134 Å². The number of anilines is 1. The van der Waals surface area contributed by atoms with E-state index in [1.54, 1.807) is 18.4 Å². The number of nitro groups is 1. The van der Waals surface area contributed by atoms with Crippen LogP contribution in [0.5, 0.6) is 11.5 Å².